The SMILES string of the molecule is O=C(CC(CS(=O)(=O)[O-])C(=O)OCC(F)(F)C(F)(F)F)OCC(F)(F)C(F)(F)F.[Na+]. The zero-order valence-corrected chi connectivity index (χ0v) is 17.3. The number of carbonyl (C=O) groups excluding carboxylic acids is 2. The third kappa shape index (κ3) is 10.5. The first-order chi connectivity index (χ1) is 12.6. The molecule has 172 valence electrons. The molecule has 30 heavy (non-hydrogen) atoms. The summed E-state index contributed by atoms with van der Waals surface area (Å²) in [4.78, 5) is 22.7. The summed E-state index contributed by atoms with van der Waals surface area (Å²) in [5, 5.41) is 0. The van der Waals surface area contributed by atoms with Crippen LogP contribution in [-0.2, 0) is 29.2 Å². The number of alkyl halides is 10. The number of carbonyl (C=O) groups is 2. The van der Waals surface area contributed by atoms with Crippen LogP contribution < -0.4 is 29.6 Å². The molecule has 0 aliphatic carbocycles. The Bertz CT molecular complexity index is 704. The predicted molar refractivity (Wildman–Crippen MR) is 66.6 cm³/mol. The summed E-state index contributed by atoms with van der Waals surface area (Å²) in [7, 11) is -5.46. The molecule has 0 aliphatic rings. The summed E-state index contributed by atoms with van der Waals surface area (Å²) in [6.45, 7) is -5.31. The van der Waals surface area contributed by atoms with Gasteiger partial charge in [0.15, 0.2) is 13.2 Å². The van der Waals surface area contributed by atoms with Crippen LogP contribution in [0.15, 0.2) is 0 Å². The third-order valence-electron chi connectivity index (χ3n) is 2.79. The summed E-state index contributed by atoms with van der Waals surface area (Å²) in [5.74, 6) is -20.1. The van der Waals surface area contributed by atoms with Crippen molar-refractivity contribution in [3.05, 3.63) is 0 Å². The van der Waals surface area contributed by atoms with Crippen LogP contribution in [-0.4, -0.2) is 68.1 Å². The van der Waals surface area contributed by atoms with Crippen molar-refractivity contribution in [2.75, 3.05) is 19.0 Å². The molecule has 0 spiro atoms. The van der Waals surface area contributed by atoms with E-state index in [-0.39, 0.29) is 29.6 Å². The molecule has 1 unspecified atom stereocenters. The molecule has 0 fully saturated rings. The van der Waals surface area contributed by atoms with Crippen LogP contribution in [0.3, 0.4) is 0 Å². The van der Waals surface area contributed by atoms with Gasteiger partial charge in [-0.15, -0.1) is 0 Å². The second kappa shape index (κ2) is 10.6. The molecule has 0 aliphatic heterocycles. The maximum absolute atomic E-state index is 12.7. The largest absolute Gasteiger partial charge is 1.00 e. The van der Waals surface area contributed by atoms with Crippen molar-refractivity contribution in [2.24, 2.45) is 5.92 Å². The standard InChI is InChI=1S/C11H10F10O7S.Na/c12-8(13,10(16,17)18)3-27-6(22)1-5(2-29(24,25)26)7(23)28-4-9(14,15)11(19,20)21;/h5H,1-4H2,(H,24,25,26);/q;+1/p-1. The van der Waals surface area contributed by atoms with Gasteiger partial charge in [0.2, 0.25) is 0 Å². The van der Waals surface area contributed by atoms with Gasteiger partial charge in [0.1, 0.15) is 0 Å². The van der Waals surface area contributed by atoms with Gasteiger partial charge in [-0.05, 0) is 0 Å². The van der Waals surface area contributed by atoms with E-state index in [2.05, 4.69) is 9.47 Å². The van der Waals surface area contributed by atoms with Gasteiger partial charge in [-0.1, -0.05) is 0 Å². The maximum atomic E-state index is 12.7. The van der Waals surface area contributed by atoms with Crippen molar-refractivity contribution in [3.8, 4) is 0 Å². The Morgan fingerprint density at radius 2 is 1.17 bits per heavy atom. The molecule has 7 nitrogen and oxygen atoms in total. The van der Waals surface area contributed by atoms with Gasteiger partial charge in [-0.3, -0.25) is 9.59 Å². The van der Waals surface area contributed by atoms with E-state index in [0.29, 0.717) is 0 Å². The maximum Gasteiger partial charge on any atom is 1.00 e. The molecule has 1 atom stereocenters. The van der Waals surface area contributed by atoms with Crippen LogP contribution >= 0.6 is 0 Å². The number of rotatable bonds is 9. The Morgan fingerprint density at radius 1 is 0.800 bits per heavy atom. The van der Waals surface area contributed by atoms with Crippen LogP contribution in [0.2, 0.25) is 0 Å². The first-order valence-electron chi connectivity index (χ1n) is 6.74. The molecule has 0 rings (SSSR count). The van der Waals surface area contributed by atoms with Gasteiger partial charge >= 0.3 is 65.7 Å². The number of hydrogen-bond acceptors (Lipinski definition) is 7. The van der Waals surface area contributed by atoms with Crippen molar-refractivity contribution in [1.29, 1.82) is 0 Å². The summed E-state index contributed by atoms with van der Waals surface area (Å²) < 4.78 is 161. The zero-order chi connectivity index (χ0) is 23.5. The second-order valence-corrected chi connectivity index (χ2v) is 6.75. The number of ether oxygens (including phenoxy) is 2. The quantitative estimate of drug-likeness (QED) is 0.174. The smallest absolute Gasteiger partial charge is 0.748 e. The molecule has 0 aromatic rings. The Hall–Kier alpha value is -0.850. The molecule has 0 bridgehead atoms. The summed E-state index contributed by atoms with van der Waals surface area (Å²) in [6, 6.07) is 0. The minimum absolute atomic E-state index is 0. The fourth-order valence-electron chi connectivity index (χ4n) is 1.33. The van der Waals surface area contributed by atoms with Gasteiger partial charge in [-0.2, -0.15) is 43.9 Å². The van der Waals surface area contributed by atoms with E-state index < -0.39 is 77.6 Å². The van der Waals surface area contributed by atoms with Crippen LogP contribution in [0, 0.1) is 5.92 Å². The van der Waals surface area contributed by atoms with Crippen molar-refractivity contribution < 1.29 is 105 Å². The van der Waals surface area contributed by atoms with Gasteiger partial charge in [0, 0.05) is 0 Å². The first-order valence-corrected chi connectivity index (χ1v) is 8.32. The fraction of sp³-hybridized carbons (Fsp3) is 0.818. The molecule has 0 heterocycles. The van der Waals surface area contributed by atoms with E-state index >= 15 is 0 Å². The van der Waals surface area contributed by atoms with Crippen molar-refractivity contribution in [3.63, 3.8) is 0 Å². The Morgan fingerprint density at radius 3 is 1.50 bits per heavy atom. The van der Waals surface area contributed by atoms with Crippen molar-refractivity contribution >= 4 is 22.1 Å². The van der Waals surface area contributed by atoms with Crippen LogP contribution in [0.5, 0.6) is 0 Å². The molecule has 0 amide bonds. The van der Waals surface area contributed by atoms with Gasteiger partial charge < -0.3 is 14.0 Å². The number of halogens is 10. The van der Waals surface area contributed by atoms with Crippen LogP contribution in [0.25, 0.3) is 0 Å². The minimum atomic E-state index is -6.20. The van der Waals surface area contributed by atoms with Gasteiger partial charge in [0.05, 0.1) is 28.2 Å². The molecular weight excluding hydrogens is 489 g/mol. The molecule has 19 heteroatoms. The fourth-order valence-corrected chi connectivity index (χ4v) is 2.08. The second-order valence-electron chi connectivity index (χ2n) is 5.30. The Kier molecular flexibility index (Phi) is 11.1. The summed E-state index contributed by atoms with van der Waals surface area (Å²) in [6.07, 6.45) is -14.1. The van der Waals surface area contributed by atoms with Crippen molar-refractivity contribution in [1.82, 2.24) is 0 Å². The molecule has 0 aromatic heterocycles. The van der Waals surface area contributed by atoms with E-state index in [1.54, 1.807) is 0 Å². The van der Waals surface area contributed by atoms with E-state index in [0.717, 1.165) is 0 Å². The van der Waals surface area contributed by atoms with Gasteiger partial charge in [0.25, 0.3) is 0 Å². The third-order valence-corrected chi connectivity index (χ3v) is 3.60. The Balaban J connectivity index is 0. The molecular formula is C11H9F10NaO7S. The molecule has 0 radical (unpaired) electrons. The van der Waals surface area contributed by atoms with Crippen LogP contribution in [0.4, 0.5) is 43.9 Å². The summed E-state index contributed by atoms with van der Waals surface area (Å²) in [5.41, 5.74) is 0. The average molecular weight is 498 g/mol. The first kappa shape index (κ1) is 31.3. The van der Waals surface area contributed by atoms with E-state index in [1.807, 2.05) is 0 Å². The topological polar surface area (TPSA) is 110 Å². The Labute approximate surface area is 183 Å². The minimum Gasteiger partial charge on any atom is -0.748 e. The summed E-state index contributed by atoms with van der Waals surface area (Å²) >= 11 is 0. The normalized spacial score (nSPS) is 14.5. The molecule has 0 saturated carbocycles. The van der Waals surface area contributed by atoms with Crippen molar-refractivity contribution in [2.45, 2.75) is 30.6 Å². The molecule has 0 saturated heterocycles. The molecule has 0 aromatic carbocycles. The number of esters is 2. The van der Waals surface area contributed by atoms with E-state index in [1.165, 1.54) is 0 Å². The van der Waals surface area contributed by atoms with E-state index in [9.17, 15) is 66.5 Å². The van der Waals surface area contributed by atoms with Crippen LogP contribution in [0.1, 0.15) is 6.42 Å². The number of hydrogen-bond donors (Lipinski definition) is 0. The monoisotopic (exact) mass is 498 g/mol. The predicted octanol–water partition coefficient (Wildman–Crippen LogP) is -0.976. The van der Waals surface area contributed by atoms with Gasteiger partial charge in [-0.25, -0.2) is 8.42 Å². The molecule has 0 N–H and O–H groups in total. The average Bonchev–Trinajstić information content (AvgIpc) is 2.46. The zero-order valence-electron chi connectivity index (χ0n) is 14.5. The van der Waals surface area contributed by atoms with E-state index in [4.69, 9.17) is 0 Å².